The molecule has 0 aliphatic heterocycles. The van der Waals surface area contributed by atoms with E-state index >= 15 is 0 Å². The molecule has 0 radical (unpaired) electrons. The number of anilines is 1. The minimum atomic E-state index is 0.0325. The molecule has 0 aromatic heterocycles. The van der Waals surface area contributed by atoms with Gasteiger partial charge in [-0.1, -0.05) is 23.7 Å². The lowest BCUT2D eigenvalue weighted by Gasteiger charge is -2.11. The van der Waals surface area contributed by atoms with Crippen molar-refractivity contribution in [3.63, 3.8) is 0 Å². The van der Waals surface area contributed by atoms with Gasteiger partial charge in [-0.3, -0.25) is 4.79 Å². The lowest BCUT2D eigenvalue weighted by Crippen LogP contribution is -2.18. The van der Waals surface area contributed by atoms with Crippen molar-refractivity contribution >= 4 is 29.1 Å². The number of rotatable bonds is 6. The van der Waals surface area contributed by atoms with E-state index < -0.39 is 0 Å². The van der Waals surface area contributed by atoms with Gasteiger partial charge in [-0.2, -0.15) is 0 Å². The van der Waals surface area contributed by atoms with Gasteiger partial charge in [0.2, 0.25) is 0 Å². The second-order valence-corrected chi connectivity index (χ2v) is 6.60. The van der Waals surface area contributed by atoms with Crippen LogP contribution in [0.1, 0.15) is 25.3 Å². The van der Waals surface area contributed by atoms with Crippen molar-refractivity contribution in [3.8, 4) is 5.75 Å². The van der Waals surface area contributed by atoms with Gasteiger partial charge in [-0.05, 0) is 73.4 Å². The minimum absolute atomic E-state index is 0.0325. The van der Waals surface area contributed by atoms with Crippen molar-refractivity contribution < 1.29 is 9.53 Å². The van der Waals surface area contributed by atoms with E-state index in [0.717, 1.165) is 35.4 Å². The summed E-state index contributed by atoms with van der Waals surface area (Å²) in [6.07, 6.45) is 3.70. The summed E-state index contributed by atoms with van der Waals surface area (Å²) in [6, 6.07) is 15.4. The summed E-state index contributed by atoms with van der Waals surface area (Å²) in [5.74, 6) is 1.14. The third kappa shape index (κ3) is 4.64. The largest absolute Gasteiger partial charge is 0.494 e. The van der Waals surface area contributed by atoms with Crippen molar-refractivity contribution in [2.75, 3.05) is 18.5 Å². The summed E-state index contributed by atoms with van der Waals surface area (Å²) < 4.78 is 5.44. The van der Waals surface area contributed by atoms with Crippen LogP contribution in [0.3, 0.4) is 0 Å². The molecule has 2 aromatic rings. The second-order valence-electron chi connectivity index (χ2n) is 6.16. The molecule has 2 aromatic carbocycles. The van der Waals surface area contributed by atoms with Gasteiger partial charge in [0.25, 0.3) is 0 Å². The Morgan fingerprint density at radius 1 is 1.16 bits per heavy atom. The fourth-order valence-corrected chi connectivity index (χ4v) is 3.15. The molecule has 1 aliphatic rings. The number of ether oxygens (including phenoxy) is 1. The van der Waals surface area contributed by atoms with E-state index in [2.05, 4.69) is 5.32 Å². The molecule has 1 aliphatic carbocycles. The van der Waals surface area contributed by atoms with Crippen molar-refractivity contribution in [2.45, 2.75) is 19.8 Å². The van der Waals surface area contributed by atoms with Gasteiger partial charge >= 0.3 is 0 Å². The molecule has 0 saturated heterocycles. The van der Waals surface area contributed by atoms with Crippen molar-refractivity contribution in [2.24, 2.45) is 5.92 Å². The first-order valence-corrected chi connectivity index (χ1v) is 9.00. The number of nitrogens with one attached hydrogen (secondary N) is 1. The molecule has 1 saturated carbocycles. The zero-order valence-electron chi connectivity index (χ0n) is 14.3. The van der Waals surface area contributed by atoms with Gasteiger partial charge in [-0.25, -0.2) is 0 Å². The molecule has 130 valence electrons. The molecule has 25 heavy (non-hydrogen) atoms. The topological polar surface area (TPSA) is 38.3 Å². The maximum Gasteiger partial charge on any atom is 0.163 e. The fraction of sp³-hybridized carbons (Fsp3) is 0.286. The molecule has 0 spiro atoms. The molecule has 4 heteroatoms. The molecular formula is C21H22ClNO2. The summed E-state index contributed by atoms with van der Waals surface area (Å²) >= 11 is 5.90. The number of Topliss-reactive ketones (excluding diaryl/α,β-unsaturated/α-hetero) is 1. The Morgan fingerprint density at radius 3 is 2.56 bits per heavy atom. The van der Waals surface area contributed by atoms with E-state index in [-0.39, 0.29) is 11.7 Å². The van der Waals surface area contributed by atoms with E-state index in [9.17, 15) is 4.79 Å². The van der Waals surface area contributed by atoms with Crippen molar-refractivity contribution in [1.29, 1.82) is 0 Å². The van der Waals surface area contributed by atoms with Crippen LogP contribution >= 0.6 is 11.6 Å². The molecule has 0 amide bonds. The molecular weight excluding hydrogens is 334 g/mol. The zero-order chi connectivity index (χ0) is 17.6. The van der Waals surface area contributed by atoms with Crippen LogP contribution in [0.5, 0.6) is 5.75 Å². The maximum atomic E-state index is 12.6. The van der Waals surface area contributed by atoms with Crippen LogP contribution in [0.2, 0.25) is 5.02 Å². The average molecular weight is 356 g/mol. The van der Waals surface area contributed by atoms with Gasteiger partial charge in [-0.15, -0.1) is 0 Å². The van der Waals surface area contributed by atoms with Gasteiger partial charge in [0.15, 0.2) is 5.78 Å². The molecule has 3 rings (SSSR count). The summed E-state index contributed by atoms with van der Waals surface area (Å²) in [6.45, 7) is 3.28. The van der Waals surface area contributed by atoms with Gasteiger partial charge in [0, 0.05) is 23.2 Å². The number of carbonyl (C=O) groups excluding carboxylic acids is 1. The molecule has 1 fully saturated rings. The van der Waals surface area contributed by atoms with Gasteiger partial charge in [0.1, 0.15) is 5.75 Å². The maximum absolute atomic E-state index is 12.6. The Labute approximate surface area is 153 Å². The third-order valence-corrected chi connectivity index (χ3v) is 4.63. The number of hydrogen-bond donors (Lipinski definition) is 1. The summed E-state index contributed by atoms with van der Waals surface area (Å²) in [7, 11) is 0. The number of benzene rings is 2. The van der Waals surface area contributed by atoms with Gasteiger partial charge < -0.3 is 10.1 Å². The summed E-state index contributed by atoms with van der Waals surface area (Å²) in [5, 5.41) is 4.06. The first-order chi connectivity index (χ1) is 12.2. The summed E-state index contributed by atoms with van der Waals surface area (Å²) in [5.41, 5.74) is 2.93. The highest BCUT2D eigenvalue weighted by atomic mass is 35.5. The third-order valence-electron chi connectivity index (χ3n) is 4.38. The Kier molecular flexibility index (Phi) is 5.77. The van der Waals surface area contributed by atoms with E-state index in [0.29, 0.717) is 18.2 Å². The standard InChI is InChI=1S/C21H22ClNO2/c1-2-25-20-11-9-19(10-12-20)23-14-17-6-5-16(21(17)24)13-15-3-7-18(22)8-4-15/h3-4,7-13,17,23H,2,5-6,14H2,1H3/b16-13+. The van der Waals surface area contributed by atoms with Crippen LogP contribution in [0.15, 0.2) is 54.1 Å². The number of halogens is 1. The van der Waals surface area contributed by atoms with Crippen molar-refractivity contribution in [3.05, 3.63) is 64.7 Å². The molecule has 1 unspecified atom stereocenters. The Morgan fingerprint density at radius 2 is 1.88 bits per heavy atom. The fourth-order valence-electron chi connectivity index (χ4n) is 3.02. The average Bonchev–Trinajstić information content (AvgIpc) is 2.97. The smallest absolute Gasteiger partial charge is 0.163 e. The molecule has 0 heterocycles. The van der Waals surface area contributed by atoms with Crippen LogP contribution in [0.25, 0.3) is 6.08 Å². The van der Waals surface area contributed by atoms with Crippen LogP contribution < -0.4 is 10.1 Å². The van der Waals surface area contributed by atoms with Crippen molar-refractivity contribution in [1.82, 2.24) is 0 Å². The lowest BCUT2D eigenvalue weighted by atomic mass is 10.0. The zero-order valence-corrected chi connectivity index (χ0v) is 15.1. The van der Waals surface area contributed by atoms with E-state index in [1.165, 1.54) is 0 Å². The highest BCUT2D eigenvalue weighted by Gasteiger charge is 2.28. The minimum Gasteiger partial charge on any atom is -0.494 e. The number of hydrogen-bond acceptors (Lipinski definition) is 3. The Hall–Kier alpha value is -2.26. The number of carbonyl (C=O) groups is 1. The first-order valence-electron chi connectivity index (χ1n) is 8.63. The van der Waals surface area contributed by atoms with Crippen LogP contribution in [0, 0.1) is 5.92 Å². The van der Waals surface area contributed by atoms with Crippen LogP contribution in [-0.4, -0.2) is 18.9 Å². The second kappa shape index (κ2) is 8.21. The highest BCUT2D eigenvalue weighted by Crippen LogP contribution is 2.29. The first kappa shape index (κ1) is 17.6. The molecule has 1 N–H and O–H groups in total. The quantitative estimate of drug-likeness (QED) is 0.722. The number of allylic oxidation sites excluding steroid dienone is 1. The Balaban J connectivity index is 1.57. The van der Waals surface area contributed by atoms with Gasteiger partial charge in [0.05, 0.1) is 6.61 Å². The predicted molar refractivity (Wildman–Crippen MR) is 103 cm³/mol. The Bertz CT molecular complexity index is 750. The molecule has 1 atom stereocenters. The SMILES string of the molecule is CCOc1ccc(NCC2CC/C(=C\c3ccc(Cl)cc3)C2=O)cc1. The van der Waals surface area contributed by atoms with Crippen LogP contribution in [0.4, 0.5) is 5.69 Å². The lowest BCUT2D eigenvalue weighted by molar-refractivity contribution is -0.117. The summed E-state index contributed by atoms with van der Waals surface area (Å²) in [4.78, 5) is 12.6. The van der Waals surface area contributed by atoms with E-state index in [1.807, 2.05) is 61.5 Å². The molecule has 3 nitrogen and oxygen atoms in total. The van der Waals surface area contributed by atoms with E-state index in [1.54, 1.807) is 0 Å². The predicted octanol–water partition coefficient (Wildman–Crippen LogP) is 5.21. The van der Waals surface area contributed by atoms with Crippen LogP contribution in [-0.2, 0) is 4.79 Å². The highest BCUT2D eigenvalue weighted by molar-refractivity contribution is 6.30. The van der Waals surface area contributed by atoms with E-state index in [4.69, 9.17) is 16.3 Å². The number of ketones is 1. The normalized spacial score (nSPS) is 18.6. The monoisotopic (exact) mass is 355 g/mol. The molecule has 0 bridgehead atoms.